The average molecular weight is 136 g/mol. The van der Waals surface area contributed by atoms with Crippen molar-refractivity contribution >= 4 is 0 Å². The summed E-state index contributed by atoms with van der Waals surface area (Å²) in [5, 5.41) is 17.2. The monoisotopic (exact) mass is 136 g/mol. The standard InChI is InChI=1S/C5H12O4/c1-5(8-2,9-3)4(6)7/h4,6-7H,1-3H3. The Hall–Kier alpha value is -0.160. The number of ether oxygens (including phenoxy) is 2. The largest absolute Gasteiger partial charge is 0.364 e. The Morgan fingerprint density at radius 1 is 1.22 bits per heavy atom. The summed E-state index contributed by atoms with van der Waals surface area (Å²) in [4.78, 5) is 0. The highest BCUT2D eigenvalue weighted by Gasteiger charge is 2.30. The van der Waals surface area contributed by atoms with E-state index < -0.39 is 12.1 Å². The SMILES string of the molecule is COC(C)(OC)C(O)O. The normalized spacial score (nSPS) is 12.7. The predicted octanol–water partition coefficient (Wildman–Crippen LogP) is -0.694. The Balaban J connectivity index is 3.92. The molecule has 0 aliphatic heterocycles. The molecule has 4 heteroatoms. The van der Waals surface area contributed by atoms with Crippen LogP contribution in [0.4, 0.5) is 0 Å². The summed E-state index contributed by atoms with van der Waals surface area (Å²) in [5.74, 6) is -1.31. The third-order valence-electron chi connectivity index (χ3n) is 1.28. The second-order valence-corrected chi connectivity index (χ2v) is 1.80. The number of rotatable bonds is 3. The quantitative estimate of drug-likeness (QED) is 0.504. The van der Waals surface area contributed by atoms with Crippen molar-refractivity contribution in [2.24, 2.45) is 0 Å². The van der Waals surface area contributed by atoms with E-state index in [-0.39, 0.29) is 0 Å². The van der Waals surface area contributed by atoms with E-state index in [2.05, 4.69) is 9.47 Å². The maximum absolute atomic E-state index is 8.58. The summed E-state index contributed by atoms with van der Waals surface area (Å²) >= 11 is 0. The molecule has 0 saturated heterocycles. The van der Waals surface area contributed by atoms with Crippen molar-refractivity contribution in [3.63, 3.8) is 0 Å². The molecule has 0 saturated carbocycles. The van der Waals surface area contributed by atoms with Crippen LogP contribution in [0.3, 0.4) is 0 Å². The summed E-state index contributed by atoms with van der Waals surface area (Å²) in [5.41, 5.74) is 0. The van der Waals surface area contributed by atoms with Crippen LogP contribution in [-0.4, -0.2) is 36.5 Å². The van der Waals surface area contributed by atoms with Gasteiger partial charge in [-0.3, -0.25) is 0 Å². The molecule has 56 valence electrons. The Labute approximate surface area is 54.0 Å². The molecule has 2 N–H and O–H groups in total. The van der Waals surface area contributed by atoms with Crippen molar-refractivity contribution in [3.05, 3.63) is 0 Å². The van der Waals surface area contributed by atoms with Crippen LogP contribution in [0.25, 0.3) is 0 Å². The van der Waals surface area contributed by atoms with Gasteiger partial charge in [-0.1, -0.05) is 0 Å². The van der Waals surface area contributed by atoms with Crippen molar-refractivity contribution in [2.75, 3.05) is 14.2 Å². The van der Waals surface area contributed by atoms with Gasteiger partial charge in [0.1, 0.15) is 0 Å². The van der Waals surface area contributed by atoms with Crippen molar-refractivity contribution < 1.29 is 19.7 Å². The third kappa shape index (κ3) is 1.91. The number of hydrogen-bond donors (Lipinski definition) is 2. The Morgan fingerprint density at radius 2 is 1.56 bits per heavy atom. The zero-order valence-corrected chi connectivity index (χ0v) is 5.79. The van der Waals surface area contributed by atoms with Crippen LogP contribution in [-0.2, 0) is 9.47 Å². The molecule has 4 nitrogen and oxygen atoms in total. The minimum Gasteiger partial charge on any atom is -0.364 e. The molecule has 0 spiro atoms. The topological polar surface area (TPSA) is 58.9 Å². The van der Waals surface area contributed by atoms with Crippen molar-refractivity contribution in [3.8, 4) is 0 Å². The molecule has 0 rings (SSSR count). The lowest BCUT2D eigenvalue weighted by molar-refractivity contribution is -0.302. The van der Waals surface area contributed by atoms with E-state index in [1.165, 1.54) is 21.1 Å². The van der Waals surface area contributed by atoms with E-state index in [1.54, 1.807) is 0 Å². The summed E-state index contributed by atoms with van der Waals surface area (Å²) in [6, 6.07) is 0. The molecule has 0 aromatic heterocycles. The molecule has 0 atom stereocenters. The molecule has 0 fully saturated rings. The molecule has 0 radical (unpaired) electrons. The first-order valence-electron chi connectivity index (χ1n) is 2.53. The number of aliphatic hydroxyl groups is 2. The average Bonchev–Trinajstić information content (AvgIpc) is 1.86. The van der Waals surface area contributed by atoms with Gasteiger partial charge >= 0.3 is 0 Å². The van der Waals surface area contributed by atoms with E-state index >= 15 is 0 Å². The molecule has 0 amide bonds. The van der Waals surface area contributed by atoms with Gasteiger partial charge in [0, 0.05) is 14.2 Å². The Bertz CT molecular complexity index is 77.0. The van der Waals surface area contributed by atoms with Crippen LogP contribution in [0.2, 0.25) is 0 Å². The summed E-state index contributed by atoms with van der Waals surface area (Å²) < 4.78 is 9.25. The molecule has 0 aliphatic rings. The maximum Gasteiger partial charge on any atom is 0.216 e. The first-order chi connectivity index (χ1) is 4.06. The zero-order chi connectivity index (χ0) is 7.49. The van der Waals surface area contributed by atoms with Crippen LogP contribution in [0.5, 0.6) is 0 Å². The van der Waals surface area contributed by atoms with Gasteiger partial charge in [-0.05, 0) is 6.92 Å². The van der Waals surface area contributed by atoms with Gasteiger partial charge in [-0.25, -0.2) is 0 Å². The summed E-state index contributed by atoms with van der Waals surface area (Å²) in [6.07, 6.45) is -1.62. The van der Waals surface area contributed by atoms with Gasteiger partial charge in [-0.2, -0.15) is 0 Å². The predicted molar refractivity (Wildman–Crippen MR) is 30.6 cm³/mol. The molecule has 0 heterocycles. The zero-order valence-electron chi connectivity index (χ0n) is 5.79. The second-order valence-electron chi connectivity index (χ2n) is 1.80. The second kappa shape index (κ2) is 3.12. The third-order valence-corrected chi connectivity index (χ3v) is 1.28. The van der Waals surface area contributed by atoms with Crippen LogP contribution in [0, 0.1) is 0 Å². The lowest BCUT2D eigenvalue weighted by atomic mass is 10.3. The van der Waals surface area contributed by atoms with Crippen molar-refractivity contribution in [1.82, 2.24) is 0 Å². The molecule has 0 aliphatic carbocycles. The minimum absolute atomic E-state index is 1.31. The van der Waals surface area contributed by atoms with Gasteiger partial charge in [0.25, 0.3) is 0 Å². The van der Waals surface area contributed by atoms with Gasteiger partial charge < -0.3 is 19.7 Å². The van der Waals surface area contributed by atoms with Gasteiger partial charge in [0.2, 0.25) is 12.1 Å². The fraction of sp³-hybridized carbons (Fsp3) is 1.00. The van der Waals surface area contributed by atoms with Gasteiger partial charge in [0.15, 0.2) is 0 Å². The van der Waals surface area contributed by atoms with Crippen molar-refractivity contribution in [1.29, 1.82) is 0 Å². The molecular weight excluding hydrogens is 124 g/mol. The maximum atomic E-state index is 8.58. The van der Waals surface area contributed by atoms with E-state index in [0.29, 0.717) is 0 Å². The molecule has 9 heavy (non-hydrogen) atoms. The lowest BCUT2D eigenvalue weighted by Crippen LogP contribution is -2.42. The van der Waals surface area contributed by atoms with Gasteiger partial charge in [-0.15, -0.1) is 0 Å². The highest BCUT2D eigenvalue weighted by atomic mass is 16.7. The minimum atomic E-state index is -1.62. The first-order valence-corrected chi connectivity index (χ1v) is 2.53. The fourth-order valence-electron chi connectivity index (χ4n) is 0.294. The Kier molecular flexibility index (Phi) is 3.07. The highest BCUT2D eigenvalue weighted by molar-refractivity contribution is 4.62. The van der Waals surface area contributed by atoms with Crippen LogP contribution in [0.1, 0.15) is 6.92 Å². The van der Waals surface area contributed by atoms with E-state index in [0.717, 1.165) is 0 Å². The smallest absolute Gasteiger partial charge is 0.216 e. The Morgan fingerprint density at radius 3 is 1.56 bits per heavy atom. The lowest BCUT2D eigenvalue weighted by Gasteiger charge is -2.27. The van der Waals surface area contributed by atoms with Crippen molar-refractivity contribution in [2.45, 2.75) is 19.0 Å². The summed E-state index contributed by atoms with van der Waals surface area (Å²) in [6.45, 7) is 1.43. The van der Waals surface area contributed by atoms with Crippen LogP contribution >= 0.6 is 0 Å². The molecule has 0 aromatic carbocycles. The van der Waals surface area contributed by atoms with E-state index in [4.69, 9.17) is 10.2 Å². The first kappa shape index (κ1) is 8.84. The molecular formula is C5H12O4. The number of aliphatic hydroxyl groups excluding tert-OH is 1. The number of hydrogen-bond acceptors (Lipinski definition) is 4. The molecule has 0 unspecified atom stereocenters. The van der Waals surface area contributed by atoms with Crippen LogP contribution < -0.4 is 0 Å². The van der Waals surface area contributed by atoms with E-state index in [1.807, 2.05) is 0 Å². The number of methoxy groups -OCH3 is 2. The van der Waals surface area contributed by atoms with Gasteiger partial charge in [0.05, 0.1) is 0 Å². The fourth-order valence-corrected chi connectivity index (χ4v) is 0.294. The highest BCUT2D eigenvalue weighted by Crippen LogP contribution is 2.12. The van der Waals surface area contributed by atoms with E-state index in [9.17, 15) is 0 Å². The summed E-state index contributed by atoms with van der Waals surface area (Å²) in [7, 11) is 2.67. The molecule has 0 bridgehead atoms. The molecule has 0 aromatic rings. The van der Waals surface area contributed by atoms with Crippen LogP contribution in [0.15, 0.2) is 0 Å².